The van der Waals surface area contributed by atoms with E-state index in [2.05, 4.69) is 10.4 Å². The molecule has 0 aliphatic carbocycles. The highest BCUT2D eigenvalue weighted by atomic mass is 32.2. The van der Waals surface area contributed by atoms with Gasteiger partial charge < -0.3 is 10.1 Å². The summed E-state index contributed by atoms with van der Waals surface area (Å²) < 4.78 is 119. The second-order valence-electron chi connectivity index (χ2n) is 12.7. The van der Waals surface area contributed by atoms with Crippen LogP contribution < -0.4 is 10.1 Å². The average Bonchev–Trinajstić information content (AvgIpc) is 3.26. The molecule has 0 aliphatic rings. The van der Waals surface area contributed by atoms with E-state index < -0.39 is 58.9 Å². The summed E-state index contributed by atoms with van der Waals surface area (Å²) in [6, 6.07) is 8.21. The first kappa shape index (κ1) is 36.3. The van der Waals surface area contributed by atoms with Crippen molar-refractivity contribution in [3.05, 3.63) is 71.8 Å². The van der Waals surface area contributed by atoms with Gasteiger partial charge in [-0.15, -0.1) is 0 Å². The Kier molecular flexibility index (Phi) is 10.5. The predicted octanol–water partition coefficient (Wildman–Crippen LogP) is 8.22. The molecule has 0 fully saturated rings. The van der Waals surface area contributed by atoms with E-state index in [0.717, 1.165) is 41.3 Å². The first-order valence-corrected chi connectivity index (χ1v) is 17.8. The fourth-order valence-corrected chi connectivity index (χ4v) is 6.57. The zero-order valence-electron chi connectivity index (χ0n) is 26.9. The lowest BCUT2D eigenvalue weighted by Gasteiger charge is -2.30. The SMILES string of the molecule is CC(C)(C)OP(=O)(OCn1nc(-c2cc(F)ccc2F)c2c(NCCS(C)(=O)=O)cc(Oc3ccc(F)cc3F)cc21)OC(C)(C)C. The molecule has 256 valence electrons. The van der Waals surface area contributed by atoms with Gasteiger partial charge in [0.25, 0.3) is 0 Å². The van der Waals surface area contributed by atoms with Gasteiger partial charge in [0, 0.05) is 42.3 Å². The van der Waals surface area contributed by atoms with E-state index in [4.69, 9.17) is 18.3 Å². The summed E-state index contributed by atoms with van der Waals surface area (Å²) in [6.07, 6.45) is 1.04. The third-order valence-corrected chi connectivity index (χ3v) is 8.95. The normalized spacial score (nSPS) is 12.9. The maximum absolute atomic E-state index is 15.2. The van der Waals surface area contributed by atoms with Gasteiger partial charge in [-0.3, -0.25) is 13.6 Å². The summed E-state index contributed by atoms with van der Waals surface area (Å²) in [6.45, 7) is 9.17. The molecule has 47 heavy (non-hydrogen) atoms. The number of nitrogens with one attached hydrogen (secondary N) is 1. The minimum absolute atomic E-state index is 0.0302. The van der Waals surface area contributed by atoms with Crippen LogP contribution in [0, 0.1) is 23.3 Å². The standard InChI is InChI=1S/C31H36F4N3O7PS/c1-30(2,3)44-46(39,45-31(4,5)6)42-18-38-26-17-21(43-27-11-9-20(33)15-24(27)35)16-25(36-12-13-47(7,40)41)28(26)29(37-38)22-14-19(32)8-10-23(22)34/h8-11,14-17,36H,12-13,18H2,1-7H3. The van der Waals surface area contributed by atoms with Crippen molar-refractivity contribution in [1.82, 2.24) is 9.78 Å². The van der Waals surface area contributed by atoms with E-state index in [1.807, 2.05) is 0 Å². The van der Waals surface area contributed by atoms with Crippen LogP contribution in [0.2, 0.25) is 0 Å². The molecule has 0 aliphatic heterocycles. The van der Waals surface area contributed by atoms with Crippen molar-refractivity contribution in [2.45, 2.75) is 59.5 Å². The third kappa shape index (κ3) is 10.0. The molecule has 1 heterocycles. The van der Waals surface area contributed by atoms with Gasteiger partial charge in [0.1, 0.15) is 38.7 Å². The number of rotatable bonds is 12. The largest absolute Gasteiger partial charge is 0.477 e. The van der Waals surface area contributed by atoms with Crippen molar-refractivity contribution in [2.24, 2.45) is 0 Å². The van der Waals surface area contributed by atoms with E-state index in [1.54, 1.807) is 41.5 Å². The van der Waals surface area contributed by atoms with Crippen LogP contribution in [0.3, 0.4) is 0 Å². The van der Waals surface area contributed by atoms with Crippen LogP contribution in [0.25, 0.3) is 22.2 Å². The molecular formula is C31H36F4N3O7PS. The molecule has 1 aromatic heterocycles. The average molecular weight is 702 g/mol. The molecular weight excluding hydrogens is 665 g/mol. The quantitative estimate of drug-likeness (QED) is 0.115. The molecule has 10 nitrogen and oxygen atoms in total. The van der Waals surface area contributed by atoms with Crippen molar-refractivity contribution in [1.29, 1.82) is 0 Å². The number of fused-ring (bicyclic) bond motifs is 1. The Morgan fingerprint density at radius 3 is 2.09 bits per heavy atom. The van der Waals surface area contributed by atoms with Gasteiger partial charge in [0.15, 0.2) is 18.3 Å². The summed E-state index contributed by atoms with van der Waals surface area (Å²) in [5.74, 6) is -4.09. The topological polar surface area (TPSA) is 118 Å². The van der Waals surface area contributed by atoms with Crippen molar-refractivity contribution >= 4 is 34.3 Å². The number of anilines is 1. The summed E-state index contributed by atoms with van der Waals surface area (Å²) >= 11 is 0. The van der Waals surface area contributed by atoms with Crippen LogP contribution >= 0.6 is 7.82 Å². The van der Waals surface area contributed by atoms with Crippen molar-refractivity contribution < 1.29 is 48.9 Å². The highest BCUT2D eigenvalue weighted by molar-refractivity contribution is 7.90. The van der Waals surface area contributed by atoms with Gasteiger partial charge >= 0.3 is 7.82 Å². The van der Waals surface area contributed by atoms with E-state index in [0.29, 0.717) is 6.07 Å². The lowest BCUT2D eigenvalue weighted by atomic mass is 10.0. The van der Waals surface area contributed by atoms with Gasteiger partial charge in [-0.2, -0.15) is 5.10 Å². The Bertz CT molecular complexity index is 1920. The van der Waals surface area contributed by atoms with E-state index in [-0.39, 0.29) is 51.6 Å². The summed E-state index contributed by atoms with van der Waals surface area (Å²) in [4.78, 5) is 0. The molecule has 0 radical (unpaired) electrons. The Morgan fingerprint density at radius 1 is 0.872 bits per heavy atom. The molecule has 0 saturated heterocycles. The van der Waals surface area contributed by atoms with Crippen molar-refractivity contribution in [3.8, 4) is 22.8 Å². The van der Waals surface area contributed by atoms with Crippen molar-refractivity contribution in [3.63, 3.8) is 0 Å². The number of phosphoric acid groups is 1. The molecule has 0 amide bonds. The smallest absolute Gasteiger partial charge is 0.454 e. The molecule has 16 heteroatoms. The molecule has 0 unspecified atom stereocenters. The summed E-state index contributed by atoms with van der Waals surface area (Å²) in [7, 11) is -7.73. The van der Waals surface area contributed by atoms with Gasteiger partial charge in [0.05, 0.1) is 27.9 Å². The Morgan fingerprint density at radius 2 is 1.49 bits per heavy atom. The minimum atomic E-state index is -4.31. The van der Waals surface area contributed by atoms with Crippen LogP contribution in [0.4, 0.5) is 23.2 Å². The number of hydrogen-bond donors (Lipinski definition) is 1. The lowest BCUT2D eigenvalue weighted by Crippen LogP contribution is -2.25. The summed E-state index contributed by atoms with van der Waals surface area (Å²) in [5, 5.41) is 7.59. The molecule has 1 N–H and O–H groups in total. The zero-order valence-corrected chi connectivity index (χ0v) is 28.6. The van der Waals surface area contributed by atoms with Gasteiger partial charge in [0.2, 0.25) is 0 Å². The van der Waals surface area contributed by atoms with Crippen LogP contribution in [0.1, 0.15) is 41.5 Å². The maximum atomic E-state index is 15.2. The monoisotopic (exact) mass is 701 g/mol. The van der Waals surface area contributed by atoms with Crippen LogP contribution in [-0.2, 0) is 34.7 Å². The Hall–Kier alpha value is -3.49. The van der Waals surface area contributed by atoms with Crippen LogP contribution in [0.5, 0.6) is 11.5 Å². The number of hydrogen-bond acceptors (Lipinski definition) is 9. The molecule has 0 atom stereocenters. The van der Waals surface area contributed by atoms with Crippen molar-refractivity contribution in [2.75, 3.05) is 23.9 Å². The Labute approximate surface area is 270 Å². The molecule has 4 rings (SSSR count). The van der Waals surface area contributed by atoms with E-state index in [1.165, 1.54) is 12.1 Å². The number of halogens is 4. The number of aromatic nitrogens is 2. The van der Waals surface area contributed by atoms with E-state index in [9.17, 15) is 26.2 Å². The second-order valence-corrected chi connectivity index (χ2v) is 16.5. The van der Waals surface area contributed by atoms with Gasteiger partial charge in [-0.1, -0.05) is 0 Å². The predicted molar refractivity (Wildman–Crippen MR) is 170 cm³/mol. The zero-order chi connectivity index (χ0) is 34.9. The first-order valence-electron chi connectivity index (χ1n) is 14.3. The summed E-state index contributed by atoms with van der Waals surface area (Å²) in [5.41, 5.74) is -2.01. The number of ether oxygens (including phenoxy) is 1. The highest BCUT2D eigenvalue weighted by Crippen LogP contribution is 2.56. The third-order valence-electron chi connectivity index (χ3n) is 6.03. The van der Waals surface area contributed by atoms with Crippen LogP contribution in [0.15, 0.2) is 48.5 Å². The molecule has 0 bridgehead atoms. The Balaban J connectivity index is 1.93. The number of nitrogens with zero attached hydrogens (tertiary/aromatic N) is 2. The number of sulfone groups is 1. The molecule has 0 spiro atoms. The number of phosphoric ester groups is 1. The second kappa shape index (κ2) is 13.6. The molecule has 4 aromatic rings. The maximum Gasteiger partial charge on any atom is 0.477 e. The minimum Gasteiger partial charge on any atom is -0.454 e. The number of benzene rings is 3. The molecule has 0 saturated carbocycles. The fourth-order valence-electron chi connectivity index (χ4n) is 4.37. The van der Waals surface area contributed by atoms with E-state index >= 15 is 4.39 Å². The highest BCUT2D eigenvalue weighted by Gasteiger charge is 2.37. The lowest BCUT2D eigenvalue weighted by molar-refractivity contribution is -0.00700. The van der Waals surface area contributed by atoms with Gasteiger partial charge in [-0.05, 0) is 71.9 Å². The first-order chi connectivity index (χ1) is 21.6. The van der Waals surface area contributed by atoms with Crippen LogP contribution in [-0.4, -0.2) is 48.0 Å². The fraction of sp³-hybridized carbons (Fsp3) is 0.387. The molecule has 3 aromatic carbocycles. The van der Waals surface area contributed by atoms with Gasteiger partial charge in [-0.25, -0.2) is 35.2 Å².